The summed E-state index contributed by atoms with van der Waals surface area (Å²) in [5, 5.41) is 5.43. The highest BCUT2D eigenvalue weighted by Gasteiger charge is 2.34. The quantitative estimate of drug-likeness (QED) is 0.311. The third kappa shape index (κ3) is 7.48. The fraction of sp³-hybridized carbons (Fsp3) is 0.524. The number of rotatable bonds is 10. The van der Waals surface area contributed by atoms with E-state index in [1.165, 1.54) is 4.90 Å². The molecule has 10 heteroatoms. The van der Waals surface area contributed by atoms with E-state index in [9.17, 15) is 14.4 Å². The summed E-state index contributed by atoms with van der Waals surface area (Å²) < 4.78 is 16.0. The highest BCUT2D eigenvalue weighted by Crippen LogP contribution is 2.18. The van der Waals surface area contributed by atoms with Gasteiger partial charge in [-0.1, -0.05) is 19.1 Å². The highest BCUT2D eigenvalue weighted by molar-refractivity contribution is 7.80. The lowest BCUT2D eigenvalue weighted by atomic mass is 10.1. The zero-order chi connectivity index (χ0) is 22.6. The number of benzene rings is 1. The number of hydrogen-bond acceptors (Lipinski definition) is 7. The molecule has 2 amide bonds. The molecule has 1 aromatic carbocycles. The minimum Gasteiger partial charge on any atom is -0.490 e. The van der Waals surface area contributed by atoms with Gasteiger partial charge >= 0.3 is 5.97 Å². The number of piperazine rings is 1. The van der Waals surface area contributed by atoms with Crippen molar-refractivity contribution < 1.29 is 28.6 Å². The second-order valence-corrected chi connectivity index (χ2v) is 7.11. The third-order valence-corrected chi connectivity index (χ3v) is 4.80. The van der Waals surface area contributed by atoms with Crippen LogP contribution in [0.4, 0.5) is 0 Å². The van der Waals surface area contributed by atoms with Gasteiger partial charge in [-0.05, 0) is 37.7 Å². The molecule has 1 aliphatic rings. The molecule has 0 aliphatic carbocycles. The molecule has 0 bridgehead atoms. The van der Waals surface area contributed by atoms with Crippen LogP contribution in [-0.4, -0.2) is 73.4 Å². The maximum absolute atomic E-state index is 12.8. The van der Waals surface area contributed by atoms with Gasteiger partial charge in [0.05, 0.1) is 25.2 Å². The van der Waals surface area contributed by atoms with E-state index in [4.69, 9.17) is 26.4 Å². The number of thiocarbonyl (C=S) groups is 1. The van der Waals surface area contributed by atoms with Gasteiger partial charge in [-0.25, -0.2) is 0 Å². The molecular weight excluding hydrogens is 422 g/mol. The van der Waals surface area contributed by atoms with Crippen LogP contribution in [0.1, 0.15) is 37.0 Å². The first-order chi connectivity index (χ1) is 15.0. The summed E-state index contributed by atoms with van der Waals surface area (Å²) in [7, 11) is 0. The van der Waals surface area contributed by atoms with Crippen LogP contribution in [-0.2, 0) is 19.1 Å². The summed E-state index contributed by atoms with van der Waals surface area (Å²) in [6.45, 7) is 6.07. The molecule has 170 valence electrons. The summed E-state index contributed by atoms with van der Waals surface area (Å²) in [6, 6.07) is 5.94. The Labute approximate surface area is 187 Å². The molecule has 1 atom stereocenters. The number of hydrogen-bond donors (Lipinski definition) is 2. The van der Waals surface area contributed by atoms with E-state index in [0.29, 0.717) is 50.6 Å². The number of carbonyl (C=O) groups excluding carboxylic acids is 3. The number of amides is 2. The summed E-state index contributed by atoms with van der Waals surface area (Å²) in [5.41, 5.74) is 0.307. The fourth-order valence-electron chi connectivity index (χ4n) is 2.96. The van der Waals surface area contributed by atoms with Crippen LogP contribution in [0.5, 0.6) is 5.75 Å². The summed E-state index contributed by atoms with van der Waals surface area (Å²) in [6.07, 6.45) is 0.534. The summed E-state index contributed by atoms with van der Waals surface area (Å²) >= 11 is 5.39. The van der Waals surface area contributed by atoms with Crippen molar-refractivity contribution >= 4 is 35.1 Å². The molecule has 9 nitrogen and oxygen atoms in total. The predicted octanol–water partition coefficient (Wildman–Crippen LogP) is 1.26. The van der Waals surface area contributed by atoms with Gasteiger partial charge in [0.25, 0.3) is 5.91 Å². The zero-order valence-corrected chi connectivity index (χ0v) is 18.7. The van der Waals surface area contributed by atoms with Gasteiger partial charge in [0.1, 0.15) is 18.4 Å². The molecular formula is C21H29N3O6S. The van der Waals surface area contributed by atoms with Crippen molar-refractivity contribution in [2.24, 2.45) is 0 Å². The summed E-state index contributed by atoms with van der Waals surface area (Å²) in [5.74, 6) is -0.888. The van der Waals surface area contributed by atoms with Crippen molar-refractivity contribution in [3.63, 3.8) is 0 Å². The third-order valence-electron chi connectivity index (χ3n) is 4.46. The van der Waals surface area contributed by atoms with Gasteiger partial charge in [0, 0.05) is 19.7 Å². The Morgan fingerprint density at radius 2 is 2.00 bits per heavy atom. The molecule has 1 heterocycles. The maximum atomic E-state index is 12.8. The molecule has 1 unspecified atom stereocenters. The smallest absolute Gasteiger partial charge is 0.308 e. The number of para-hydroxylation sites is 1. The Morgan fingerprint density at radius 1 is 1.23 bits per heavy atom. The van der Waals surface area contributed by atoms with Crippen LogP contribution < -0.4 is 15.4 Å². The van der Waals surface area contributed by atoms with E-state index < -0.39 is 17.9 Å². The van der Waals surface area contributed by atoms with Crippen LogP contribution >= 0.6 is 12.2 Å². The van der Waals surface area contributed by atoms with Crippen molar-refractivity contribution in [3.05, 3.63) is 29.8 Å². The molecule has 1 fully saturated rings. The van der Waals surface area contributed by atoms with E-state index in [1.54, 1.807) is 24.3 Å². The molecule has 0 aromatic heterocycles. The second-order valence-electron chi connectivity index (χ2n) is 6.73. The largest absolute Gasteiger partial charge is 0.490 e. The van der Waals surface area contributed by atoms with Crippen LogP contribution in [0.15, 0.2) is 24.3 Å². The number of carbonyl (C=O) groups is 3. The minimum atomic E-state index is -0.844. The number of esters is 1. The topological polar surface area (TPSA) is 106 Å². The average molecular weight is 452 g/mol. The molecule has 2 rings (SSSR count). The van der Waals surface area contributed by atoms with Gasteiger partial charge in [-0.3, -0.25) is 19.7 Å². The lowest BCUT2D eigenvalue weighted by Gasteiger charge is -2.36. The molecule has 0 radical (unpaired) electrons. The first-order valence-corrected chi connectivity index (χ1v) is 10.7. The fourth-order valence-corrected chi connectivity index (χ4v) is 3.28. The van der Waals surface area contributed by atoms with E-state index in [0.717, 1.165) is 0 Å². The van der Waals surface area contributed by atoms with Crippen molar-refractivity contribution in [1.82, 2.24) is 15.5 Å². The van der Waals surface area contributed by atoms with Crippen molar-refractivity contribution in [2.45, 2.75) is 32.7 Å². The minimum absolute atomic E-state index is 0.0669. The Kier molecular flexibility index (Phi) is 10.2. The molecule has 2 N–H and O–H groups in total. The van der Waals surface area contributed by atoms with Gasteiger partial charge in [0.15, 0.2) is 5.11 Å². The van der Waals surface area contributed by atoms with Gasteiger partial charge in [-0.15, -0.1) is 0 Å². The number of nitrogens with one attached hydrogen (secondary N) is 2. The van der Waals surface area contributed by atoms with Crippen LogP contribution in [0, 0.1) is 0 Å². The van der Waals surface area contributed by atoms with Gasteiger partial charge in [-0.2, -0.15) is 0 Å². The maximum Gasteiger partial charge on any atom is 0.308 e. The Hall–Kier alpha value is -2.72. The second kappa shape index (κ2) is 12.9. The van der Waals surface area contributed by atoms with E-state index >= 15 is 0 Å². The van der Waals surface area contributed by atoms with Crippen LogP contribution in [0.25, 0.3) is 0 Å². The first kappa shape index (κ1) is 24.5. The zero-order valence-electron chi connectivity index (χ0n) is 17.8. The molecule has 0 spiro atoms. The molecule has 1 aliphatic heterocycles. The normalized spacial score (nSPS) is 15.7. The molecule has 1 aromatic rings. The van der Waals surface area contributed by atoms with Crippen molar-refractivity contribution in [3.8, 4) is 5.75 Å². The Bertz CT molecular complexity index is 788. The molecule has 0 saturated carbocycles. The lowest BCUT2D eigenvalue weighted by Crippen LogP contribution is -2.60. The predicted molar refractivity (Wildman–Crippen MR) is 118 cm³/mol. The molecule has 31 heavy (non-hydrogen) atoms. The van der Waals surface area contributed by atoms with Crippen molar-refractivity contribution in [2.75, 3.05) is 39.5 Å². The number of ether oxygens (including phenoxy) is 3. The van der Waals surface area contributed by atoms with Crippen LogP contribution in [0.3, 0.4) is 0 Å². The first-order valence-electron chi connectivity index (χ1n) is 10.3. The molecule has 1 saturated heterocycles. The van der Waals surface area contributed by atoms with E-state index in [-0.39, 0.29) is 24.0 Å². The van der Waals surface area contributed by atoms with E-state index in [2.05, 4.69) is 10.6 Å². The lowest BCUT2D eigenvalue weighted by molar-refractivity contribution is -0.147. The SMILES string of the molecule is CCCOC(=O)CC1C(=O)NCCN1C(=S)NC(=O)c1ccccc1OCCOCC. The van der Waals surface area contributed by atoms with Gasteiger partial charge in [0.2, 0.25) is 5.91 Å². The highest BCUT2D eigenvalue weighted by atomic mass is 32.1. The summed E-state index contributed by atoms with van der Waals surface area (Å²) in [4.78, 5) is 38.7. The monoisotopic (exact) mass is 451 g/mol. The standard InChI is InChI=1S/C21H29N3O6S/c1-3-11-30-18(25)14-16-20(27)22-9-10-24(16)21(31)23-19(26)15-7-5-6-8-17(15)29-13-12-28-4-2/h5-8,16H,3-4,9-14H2,1-2H3,(H,22,27)(H,23,26,31). The van der Waals surface area contributed by atoms with Gasteiger partial charge < -0.3 is 24.4 Å². The van der Waals surface area contributed by atoms with Crippen molar-refractivity contribution in [1.29, 1.82) is 0 Å². The Morgan fingerprint density at radius 3 is 2.74 bits per heavy atom. The average Bonchev–Trinajstić information content (AvgIpc) is 2.76. The van der Waals surface area contributed by atoms with Crippen LogP contribution in [0.2, 0.25) is 0 Å². The van der Waals surface area contributed by atoms with E-state index in [1.807, 2.05) is 13.8 Å². The number of nitrogens with zero attached hydrogens (tertiary/aromatic N) is 1. The Balaban J connectivity index is 2.04.